The Hall–Kier alpha value is -1.58. The topological polar surface area (TPSA) is 57.0 Å². The molecule has 0 spiro atoms. The van der Waals surface area contributed by atoms with Crippen molar-refractivity contribution in [3.8, 4) is 5.69 Å². The Morgan fingerprint density at radius 2 is 1.67 bits per heavy atom. The zero-order chi connectivity index (χ0) is 10.7. The van der Waals surface area contributed by atoms with E-state index in [2.05, 4.69) is 4.57 Å². The third-order valence-corrected chi connectivity index (χ3v) is 2.48. The highest BCUT2D eigenvalue weighted by Crippen LogP contribution is 2.13. The van der Waals surface area contributed by atoms with Gasteiger partial charge in [0.2, 0.25) is 0 Å². The van der Waals surface area contributed by atoms with Crippen LogP contribution in [0, 0.1) is 0 Å². The summed E-state index contributed by atoms with van der Waals surface area (Å²) in [5, 5.41) is 0. The lowest BCUT2D eigenvalue weighted by Gasteiger charge is -2.10. The first kappa shape index (κ1) is 9.96. The number of aromatic nitrogens is 1. The third kappa shape index (κ3) is 2.09. The summed E-state index contributed by atoms with van der Waals surface area (Å²) in [7, 11) is 0. The Kier molecular flexibility index (Phi) is 2.85. The van der Waals surface area contributed by atoms with Crippen molar-refractivity contribution in [2.45, 2.75) is 6.04 Å². The van der Waals surface area contributed by atoms with Crippen LogP contribution in [0.15, 0.2) is 48.8 Å². The standard InChI is InChI=1S/C12H15N3/c13-9-12(14)10-3-5-11(6-4-10)15-7-1-2-8-15/h1-8,12H,9,13-14H2/t12-/m0/s1. The average molecular weight is 201 g/mol. The predicted molar refractivity (Wildman–Crippen MR) is 61.8 cm³/mol. The molecule has 0 fully saturated rings. The van der Waals surface area contributed by atoms with Crippen LogP contribution in [-0.2, 0) is 0 Å². The van der Waals surface area contributed by atoms with Gasteiger partial charge in [0.25, 0.3) is 0 Å². The molecule has 0 bridgehead atoms. The Morgan fingerprint density at radius 3 is 2.20 bits per heavy atom. The van der Waals surface area contributed by atoms with E-state index in [4.69, 9.17) is 11.5 Å². The van der Waals surface area contributed by atoms with Gasteiger partial charge in [-0.15, -0.1) is 0 Å². The van der Waals surface area contributed by atoms with Crippen LogP contribution in [0.2, 0.25) is 0 Å². The summed E-state index contributed by atoms with van der Waals surface area (Å²) in [5.74, 6) is 0. The molecule has 0 saturated carbocycles. The molecule has 78 valence electrons. The van der Waals surface area contributed by atoms with Crippen LogP contribution in [0.4, 0.5) is 0 Å². The number of benzene rings is 1. The van der Waals surface area contributed by atoms with E-state index < -0.39 is 0 Å². The van der Waals surface area contributed by atoms with Gasteiger partial charge in [-0.05, 0) is 29.8 Å². The van der Waals surface area contributed by atoms with E-state index in [9.17, 15) is 0 Å². The molecule has 0 radical (unpaired) electrons. The number of nitrogens with zero attached hydrogens (tertiary/aromatic N) is 1. The second-order valence-corrected chi connectivity index (χ2v) is 3.52. The highest BCUT2D eigenvalue weighted by molar-refractivity contribution is 5.36. The maximum atomic E-state index is 5.83. The van der Waals surface area contributed by atoms with E-state index >= 15 is 0 Å². The SMILES string of the molecule is NC[C@H](N)c1ccc(-n2cccc2)cc1. The highest BCUT2D eigenvalue weighted by atomic mass is 14.9. The summed E-state index contributed by atoms with van der Waals surface area (Å²) < 4.78 is 2.05. The van der Waals surface area contributed by atoms with Gasteiger partial charge >= 0.3 is 0 Å². The minimum atomic E-state index is -0.0660. The Balaban J connectivity index is 2.25. The van der Waals surface area contributed by atoms with Gasteiger partial charge in [-0.3, -0.25) is 0 Å². The molecule has 2 rings (SSSR count). The molecule has 0 aliphatic rings. The lowest BCUT2D eigenvalue weighted by atomic mass is 10.1. The van der Waals surface area contributed by atoms with Crippen molar-refractivity contribution in [1.29, 1.82) is 0 Å². The molecule has 1 heterocycles. The molecule has 1 atom stereocenters. The smallest absolute Gasteiger partial charge is 0.0449 e. The monoisotopic (exact) mass is 201 g/mol. The van der Waals surface area contributed by atoms with Gasteiger partial charge in [0, 0.05) is 30.7 Å². The maximum Gasteiger partial charge on any atom is 0.0449 e. The maximum absolute atomic E-state index is 5.83. The number of hydrogen-bond acceptors (Lipinski definition) is 2. The van der Waals surface area contributed by atoms with Crippen molar-refractivity contribution in [2.24, 2.45) is 11.5 Å². The molecule has 0 unspecified atom stereocenters. The average Bonchev–Trinajstić information content (AvgIpc) is 2.82. The summed E-state index contributed by atoms with van der Waals surface area (Å²) in [6, 6.07) is 12.1. The van der Waals surface area contributed by atoms with Gasteiger partial charge in [0.05, 0.1) is 0 Å². The van der Waals surface area contributed by atoms with Crippen LogP contribution >= 0.6 is 0 Å². The zero-order valence-electron chi connectivity index (χ0n) is 8.51. The van der Waals surface area contributed by atoms with E-state index in [0.29, 0.717) is 6.54 Å². The Morgan fingerprint density at radius 1 is 1.07 bits per heavy atom. The molecule has 0 saturated heterocycles. The molecule has 2 aromatic rings. The molecule has 0 amide bonds. The van der Waals surface area contributed by atoms with Crippen LogP contribution in [0.3, 0.4) is 0 Å². The molecular formula is C12H15N3. The highest BCUT2D eigenvalue weighted by Gasteiger charge is 2.02. The van der Waals surface area contributed by atoms with E-state index in [1.54, 1.807) is 0 Å². The fourth-order valence-corrected chi connectivity index (χ4v) is 1.54. The quantitative estimate of drug-likeness (QED) is 0.789. The van der Waals surface area contributed by atoms with Gasteiger partial charge in [0.15, 0.2) is 0 Å². The summed E-state index contributed by atoms with van der Waals surface area (Å²) in [4.78, 5) is 0. The summed E-state index contributed by atoms with van der Waals surface area (Å²) in [6.07, 6.45) is 4.02. The summed E-state index contributed by atoms with van der Waals surface area (Å²) in [5.41, 5.74) is 13.5. The first-order valence-corrected chi connectivity index (χ1v) is 5.00. The molecule has 15 heavy (non-hydrogen) atoms. The third-order valence-electron chi connectivity index (χ3n) is 2.48. The van der Waals surface area contributed by atoms with E-state index in [1.165, 1.54) is 0 Å². The largest absolute Gasteiger partial charge is 0.329 e. The van der Waals surface area contributed by atoms with Gasteiger partial charge in [-0.25, -0.2) is 0 Å². The van der Waals surface area contributed by atoms with Gasteiger partial charge in [-0.1, -0.05) is 12.1 Å². The lowest BCUT2D eigenvalue weighted by Crippen LogP contribution is -2.20. The number of rotatable bonds is 3. The van der Waals surface area contributed by atoms with Gasteiger partial charge < -0.3 is 16.0 Å². The molecule has 1 aromatic carbocycles. The van der Waals surface area contributed by atoms with Crippen molar-refractivity contribution < 1.29 is 0 Å². The summed E-state index contributed by atoms with van der Waals surface area (Å²) in [6.45, 7) is 0.475. The molecule has 4 N–H and O–H groups in total. The van der Waals surface area contributed by atoms with Crippen molar-refractivity contribution >= 4 is 0 Å². The van der Waals surface area contributed by atoms with Gasteiger partial charge in [-0.2, -0.15) is 0 Å². The normalized spacial score (nSPS) is 12.7. The van der Waals surface area contributed by atoms with Crippen molar-refractivity contribution in [3.63, 3.8) is 0 Å². The fourth-order valence-electron chi connectivity index (χ4n) is 1.54. The lowest BCUT2D eigenvalue weighted by molar-refractivity contribution is 0.737. The summed E-state index contributed by atoms with van der Waals surface area (Å²) >= 11 is 0. The fraction of sp³-hybridized carbons (Fsp3) is 0.167. The molecule has 1 aromatic heterocycles. The second-order valence-electron chi connectivity index (χ2n) is 3.52. The van der Waals surface area contributed by atoms with Crippen LogP contribution < -0.4 is 11.5 Å². The van der Waals surface area contributed by atoms with Crippen molar-refractivity contribution in [2.75, 3.05) is 6.54 Å². The second kappa shape index (κ2) is 4.29. The van der Waals surface area contributed by atoms with Crippen LogP contribution in [0.25, 0.3) is 5.69 Å². The molecule has 3 heteroatoms. The molecular weight excluding hydrogens is 186 g/mol. The van der Waals surface area contributed by atoms with Crippen molar-refractivity contribution in [3.05, 3.63) is 54.4 Å². The Labute approximate surface area is 89.3 Å². The van der Waals surface area contributed by atoms with E-state index in [0.717, 1.165) is 11.3 Å². The van der Waals surface area contributed by atoms with Crippen LogP contribution in [0.1, 0.15) is 11.6 Å². The molecule has 0 aliphatic carbocycles. The first-order chi connectivity index (χ1) is 7.31. The molecule has 0 aliphatic heterocycles. The van der Waals surface area contributed by atoms with E-state index in [-0.39, 0.29) is 6.04 Å². The first-order valence-electron chi connectivity index (χ1n) is 5.00. The molecule has 3 nitrogen and oxygen atoms in total. The van der Waals surface area contributed by atoms with E-state index in [1.807, 2.05) is 48.8 Å². The number of hydrogen-bond donors (Lipinski definition) is 2. The number of nitrogens with two attached hydrogens (primary N) is 2. The Bertz CT molecular complexity index is 403. The van der Waals surface area contributed by atoms with Crippen LogP contribution in [-0.4, -0.2) is 11.1 Å². The minimum absolute atomic E-state index is 0.0660. The minimum Gasteiger partial charge on any atom is -0.329 e. The van der Waals surface area contributed by atoms with Crippen LogP contribution in [0.5, 0.6) is 0 Å². The van der Waals surface area contributed by atoms with Gasteiger partial charge in [0.1, 0.15) is 0 Å². The van der Waals surface area contributed by atoms with Crippen molar-refractivity contribution in [1.82, 2.24) is 4.57 Å². The predicted octanol–water partition coefficient (Wildman–Crippen LogP) is 1.44. The zero-order valence-corrected chi connectivity index (χ0v) is 8.51.